The predicted molar refractivity (Wildman–Crippen MR) is 151 cm³/mol. The topological polar surface area (TPSA) is 71.4 Å². The van der Waals surface area contributed by atoms with Crippen LogP contribution in [0.15, 0.2) is 0 Å². The number of Topliss-reactive ketones (excluding diaryl/α,β-unsaturated/α-hetero) is 2. The number of rotatable bonds is 23. The van der Waals surface area contributed by atoms with Crippen molar-refractivity contribution in [3.63, 3.8) is 0 Å². The van der Waals surface area contributed by atoms with Crippen molar-refractivity contribution in [1.29, 1.82) is 0 Å². The molecule has 0 bridgehead atoms. The summed E-state index contributed by atoms with van der Waals surface area (Å²) in [6, 6.07) is 0. The summed E-state index contributed by atoms with van der Waals surface area (Å²) in [6.07, 6.45) is 23.4. The van der Waals surface area contributed by atoms with Crippen molar-refractivity contribution >= 4 is 17.5 Å². The number of carbonyl (C=O) groups is 3. The molecule has 0 radical (unpaired) electrons. The number of carbonyl (C=O) groups excluding carboxylic acids is 2. The molecule has 10 aliphatic rings. The molecule has 1 spiro atoms. The molecule has 10 saturated heterocycles. The first kappa shape index (κ1) is 23.8. The van der Waals surface area contributed by atoms with E-state index >= 15 is 0 Å². The SMILES string of the molecule is CCCCCCCCCCCCCCCCCC(=O)[C]12[CH]3[CH]4[CH]5[CH]1[Fe]45321678[CH]2[CH]1[CH]6[C]7(C(=O)CCCCC(=O)O)[CH]28. The summed E-state index contributed by atoms with van der Waals surface area (Å²) in [6.45, 7) is -1.74. The summed E-state index contributed by atoms with van der Waals surface area (Å²) in [5, 5.41) is 8.98. The van der Waals surface area contributed by atoms with Gasteiger partial charge in [-0.1, -0.05) is 45.4 Å². The third kappa shape index (κ3) is 0.682. The van der Waals surface area contributed by atoms with Crippen LogP contribution < -0.4 is 0 Å². The van der Waals surface area contributed by atoms with Gasteiger partial charge in [-0.05, 0) is 0 Å². The zero-order chi connectivity index (χ0) is 26.8. The molecule has 0 aromatic rings. The van der Waals surface area contributed by atoms with E-state index in [2.05, 4.69) is 6.92 Å². The van der Waals surface area contributed by atoms with E-state index in [4.69, 9.17) is 5.11 Å². The fraction of sp³-hybridized carbons (Fsp3) is 0.912. The Kier molecular flexibility index (Phi) is 2.52. The molecule has 0 aromatic carbocycles. The minimum absolute atomic E-state index is 0.113. The van der Waals surface area contributed by atoms with Crippen LogP contribution in [0.3, 0.4) is 0 Å². The van der Waals surface area contributed by atoms with Gasteiger partial charge in [0.25, 0.3) is 0 Å². The van der Waals surface area contributed by atoms with Crippen molar-refractivity contribution in [2.45, 2.75) is 182 Å². The van der Waals surface area contributed by atoms with Crippen LogP contribution in [0.25, 0.3) is 0 Å². The van der Waals surface area contributed by atoms with E-state index in [0.717, 1.165) is 57.8 Å². The molecule has 1 N–H and O–H groups in total. The van der Waals surface area contributed by atoms with Gasteiger partial charge >= 0.3 is 181 Å². The van der Waals surface area contributed by atoms with Crippen LogP contribution >= 0.6 is 0 Å². The van der Waals surface area contributed by atoms with Crippen LogP contribution in [0.1, 0.15) is 135 Å². The Hall–Kier alpha value is -0.671. The molecule has 0 aliphatic carbocycles. The van der Waals surface area contributed by atoms with E-state index in [0.29, 0.717) is 24.4 Å². The summed E-state index contributed by atoms with van der Waals surface area (Å²) >= 11 is 0. The number of unbranched alkanes of at least 4 members (excludes halogenated alkanes) is 15. The second kappa shape index (κ2) is 4.12. The number of fused-ring (bicyclic) bond motifs is 10. The Morgan fingerprint density at radius 1 is 0.513 bits per heavy atom. The van der Waals surface area contributed by atoms with Crippen molar-refractivity contribution in [1.82, 2.24) is 0 Å². The fourth-order valence-corrected chi connectivity index (χ4v) is 97.7. The van der Waals surface area contributed by atoms with Gasteiger partial charge in [-0.25, -0.2) is 0 Å². The van der Waals surface area contributed by atoms with Crippen molar-refractivity contribution in [3.8, 4) is 0 Å². The molecule has 0 saturated carbocycles. The second-order valence-electron chi connectivity index (χ2n) is 17.9. The quantitative estimate of drug-likeness (QED) is 0.0964. The number of aliphatic carboxylic acids is 1. The summed E-state index contributed by atoms with van der Waals surface area (Å²) < 4.78 is 0.281. The van der Waals surface area contributed by atoms with Gasteiger partial charge in [0.1, 0.15) is 0 Å². The van der Waals surface area contributed by atoms with Gasteiger partial charge in [0.2, 0.25) is 0 Å². The zero-order valence-electron chi connectivity index (χ0n) is 24.3. The summed E-state index contributed by atoms with van der Waals surface area (Å²) in [5.74, 6) is 0.518. The maximum atomic E-state index is 14.1. The number of hydrogen-bond acceptors (Lipinski definition) is 3. The van der Waals surface area contributed by atoms with Gasteiger partial charge in [-0.3, -0.25) is 0 Å². The number of ketones is 2. The Morgan fingerprint density at radius 2 is 0.821 bits per heavy atom. The monoisotopic (exact) mass is 580 g/mol. The number of carboxylic acids is 1. The van der Waals surface area contributed by atoms with Crippen molar-refractivity contribution in [3.05, 3.63) is 0 Å². The minimum atomic E-state index is -4.02. The molecule has 10 fully saturated rings. The Bertz CT molecular complexity index is 1520. The summed E-state index contributed by atoms with van der Waals surface area (Å²) in [7, 11) is 0. The van der Waals surface area contributed by atoms with E-state index in [1.807, 2.05) is 0 Å². The first-order valence-electron chi connectivity index (χ1n) is 17.2. The molecule has 8 atom stereocenters. The molecule has 10 rings (SSSR count). The molecule has 0 amide bonds. The van der Waals surface area contributed by atoms with Crippen LogP contribution in [0, 0.1) is 0 Å². The average molecular weight is 581 g/mol. The molecule has 5 heteroatoms. The van der Waals surface area contributed by atoms with Crippen LogP contribution in [0.5, 0.6) is 0 Å². The van der Waals surface area contributed by atoms with E-state index in [-0.39, 0.29) is 15.0 Å². The molecule has 220 valence electrons. The van der Waals surface area contributed by atoms with E-state index in [1.54, 1.807) is 0 Å². The van der Waals surface area contributed by atoms with E-state index in [1.165, 1.54) is 89.9 Å². The second-order valence-corrected chi connectivity index (χ2v) is 41.1. The third-order valence-corrected chi connectivity index (χ3v) is 63.5. The maximum absolute atomic E-state index is 14.1. The van der Waals surface area contributed by atoms with Crippen LogP contribution in [0.4, 0.5) is 0 Å². The van der Waals surface area contributed by atoms with E-state index in [9.17, 15) is 14.4 Å². The van der Waals surface area contributed by atoms with Gasteiger partial charge in [0.15, 0.2) is 0 Å². The Labute approximate surface area is 225 Å². The summed E-state index contributed by atoms with van der Waals surface area (Å²) in [5.41, 5.74) is 0. The normalized spacial score (nSPS) is 60.3. The van der Waals surface area contributed by atoms with E-state index < -0.39 is 12.5 Å². The van der Waals surface area contributed by atoms with Gasteiger partial charge in [-0.15, -0.1) is 0 Å². The third-order valence-electron chi connectivity index (χ3n) is 20.7. The van der Waals surface area contributed by atoms with Gasteiger partial charge < -0.3 is 0 Å². The number of carboxylic acid groups (broad SMARTS) is 1. The van der Waals surface area contributed by atoms with Crippen molar-refractivity contribution in [2.24, 2.45) is 0 Å². The molecular weight excluding hydrogens is 528 g/mol. The standard InChI is InChI=1S/C23H39O.C11H13O3.Fe/c1-2-3-4-5-6-7-8-9-10-11-12-13-14-15-16-21-23(24)22-19-17-18-20-22;12-10(9-5-1-2-6-9)7-3-4-8-11(13)14;/h17-20H,2-16,21H2,1H3;1-2,5-6H,3-4,7-8H2,(H,13,14);. The Balaban J connectivity index is 0.692. The average Bonchev–Trinajstić information content (AvgIpc) is 3.86. The van der Waals surface area contributed by atoms with Gasteiger partial charge in [-0.2, -0.15) is 0 Å². The van der Waals surface area contributed by atoms with Crippen molar-refractivity contribution < 1.29 is 26.0 Å². The molecule has 39 heavy (non-hydrogen) atoms. The van der Waals surface area contributed by atoms with Crippen LogP contribution in [-0.2, 0) is 20.9 Å². The molecule has 4 nitrogen and oxygen atoms in total. The first-order valence-corrected chi connectivity index (χ1v) is 23.4. The Morgan fingerprint density at radius 3 is 1.15 bits per heavy atom. The fourth-order valence-electron chi connectivity index (χ4n) is 21.7. The molecule has 0 aromatic heterocycles. The van der Waals surface area contributed by atoms with Crippen molar-refractivity contribution in [2.75, 3.05) is 0 Å². The molecule has 8 unspecified atom stereocenters. The summed E-state index contributed by atoms with van der Waals surface area (Å²) in [4.78, 5) is 46.0. The predicted octanol–water partition coefficient (Wildman–Crippen LogP) is 10.2. The first-order chi connectivity index (χ1) is 18.8. The van der Waals surface area contributed by atoms with Crippen LogP contribution in [0.2, 0.25) is 47.2 Å². The number of hydrogen-bond donors (Lipinski definition) is 1. The molecule has 10 aliphatic heterocycles. The molecular formula is C34H52FeO4. The zero-order valence-corrected chi connectivity index (χ0v) is 25.4. The van der Waals surface area contributed by atoms with Crippen LogP contribution in [-0.4, -0.2) is 22.6 Å². The van der Waals surface area contributed by atoms with Gasteiger partial charge in [0.05, 0.1) is 0 Å². The molecule has 10 heterocycles. The van der Waals surface area contributed by atoms with Gasteiger partial charge in [0, 0.05) is 0 Å².